The van der Waals surface area contributed by atoms with E-state index in [1.165, 1.54) is 0 Å². The molecule has 1 N–H and O–H groups in total. The summed E-state index contributed by atoms with van der Waals surface area (Å²) in [6.07, 6.45) is 1.67. The number of nitrogens with zero attached hydrogens (tertiary/aromatic N) is 2. The van der Waals surface area contributed by atoms with Crippen LogP contribution in [-0.4, -0.2) is 28.0 Å². The molecule has 0 bridgehead atoms. The molecule has 1 aliphatic heterocycles. The van der Waals surface area contributed by atoms with Crippen LogP contribution in [0.15, 0.2) is 35.1 Å². The number of rotatable bonds is 5. The third kappa shape index (κ3) is 3.67. The smallest absolute Gasteiger partial charge is 0.349 e. The van der Waals surface area contributed by atoms with Gasteiger partial charge in [0.25, 0.3) is 11.5 Å². The number of carbonyl (C=O) groups is 2. The van der Waals surface area contributed by atoms with Crippen molar-refractivity contribution in [3.63, 3.8) is 0 Å². The van der Waals surface area contributed by atoms with Crippen LogP contribution in [0.2, 0.25) is 0 Å². The van der Waals surface area contributed by atoms with Crippen molar-refractivity contribution >= 4 is 33.4 Å². The van der Waals surface area contributed by atoms with E-state index in [-0.39, 0.29) is 24.1 Å². The first kappa shape index (κ1) is 19.3. The highest BCUT2D eigenvalue weighted by molar-refractivity contribution is 7.20. The second-order valence-electron chi connectivity index (χ2n) is 7.10. The molecule has 1 amide bonds. The Morgan fingerprint density at radius 2 is 2.07 bits per heavy atom. The predicted octanol–water partition coefficient (Wildman–Crippen LogP) is 2.75. The molecule has 0 saturated heterocycles. The van der Waals surface area contributed by atoms with Crippen molar-refractivity contribution in [1.82, 2.24) is 14.9 Å². The fraction of sp³-hybridized carbons (Fsp3) is 0.333. The van der Waals surface area contributed by atoms with Crippen LogP contribution < -0.4 is 10.9 Å². The van der Waals surface area contributed by atoms with Crippen LogP contribution in [0.5, 0.6) is 0 Å². The maximum Gasteiger partial charge on any atom is 0.349 e. The number of amides is 1. The summed E-state index contributed by atoms with van der Waals surface area (Å²) in [5, 5.41) is 3.27. The van der Waals surface area contributed by atoms with E-state index < -0.39 is 5.97 Å². The van der Waals surface area contributed by atoms with Crippen LogP contribution >= 0.6 is 11.3 Å². The maximum atomic E-state index is 12.7. The highest BCUT2D eigenvalue weighted by Gasteiger charge is 2.24. The zero-order valence-corrected chi connectivity index (χ0v) is 17.0. The number of carbonyl (C=O) groups excluding carboxylic acids is 2. The second kappa shape index (κ2) is 7.79. The molecular formula is C21H21N3O4S. The molecule has 3 heterocycles. The highest BCUT2D eigenvalue weighted by atomic mass is 32.1. The molecule has 0 saturated carbocycles. The van der Waals surface area contributed by atoms with Crippen molar-refractivity contribution in [2.45, 2.75) is 39.3 Å². The summed E-state index contributed by atoms with van der Waals surface area (Å²) in [5.41, 5.74) is 1.42. The Morgan fingerprint density at radius 3 is 2.83 bits per heavy atom. The van der Waals surface area contributed by atoms with Crippen molar-refractivity contribution < 1.29 is 14.3 Å². The zero-order valence-electron chi connectivity index (χ0n) is 16.2. The standard InChI is InChI=1S/C21H21N3O4S/c1-12-17-19(23-15-9-6-10-24(15)20(17)26)29-18(12)21(27)28-11-16(25)22-13(2)14-7-4-3-5-8-14/h3-5,7-8,13H,6,9-11H2,1-2H3,(H,22,25). The van der Waals surface area contributed by atoms with Crippen LogP contribution in [0.25, 0.3) is 10.2 Å². The van der Waals surface area contributed by atoms with Crippen molar-refractivity contribution in [3.05, 3.63) is 62.5 Å². The minimum absolute atomic E-state index is 0.107. The summed E-state index contributed by atoms with van der Waals surface area (Å²) < 4.78 is 6.88. The first-order chi connectivity index (χ1) is 14.0. The van der Waals surface area contributed by atoms with Gasteiger partial charge >= 0.3 is 5.97 Å². The van der Waals surface area contributed by atoms with Crippen LogP contribution in [0.1, 0.15) is 46.0 Å². The topological polar surface area (TPSA) is 90.3 Å². The zero-order chi connectivity index (χ0) is 20.5. The van der Waals surface area contributed by atoms with E-state index in [1.807, 2.05) is 37.3 Å². The van der Waals surface area contributed by atoms with Gasteiger partial charge in [-0.3, -0.25) is 14.2 Å². The number of aromatic nitrogens is 2. The molecule has 2 aromatic heterocycles. The van der Waals surface area contributed by atoms with E-state index in [0.717, 1.165) is 35.6 Å². The van der Waals surface area contributed by atoms with Crippen LogP contribution in [0.3, 0.4) is 0 Å². The molecule has 1 unspecified atom stereocenters. The quantitative estimate of drug-likeness (QED) is 0.652. The molecule has 0 spiro atoms. The van der Waals surface area contributed by atoms with Gasteiger partial charge in [0.15, 0.2) is 6.61 Å². The number of hydrogen-bond donors (Lipinski definition) is 1. The van der Waals surface area contributed by atoms with Crippen molar-refractivity contribution in [1.29, 1.82) is 0 Å². The van der Waals surface area contributed by atoms with Gasteiger partial charge < -0.3 is 10.1 Å². The van der Waals surface area contributed by atoms with Gasteiger partial charge in [0, 0.05) is 13.0 Å². The Hall–Kier alpha value is -3.00. The van der Waals surface area contributed by atoms with E-state index in [2.05, 4.69) is 10.3 Å². The molecule has 150 valence electrons. The molecule has 0 fully saturated rings. The summed E-state index contributed by atoms with van der Waals surface area (Å²) >= 11 is 1.14. The second-order valence-corrected chi connectivity index (χ2v) is 8.10. The Bertz CT molecular complexity index is 1150. The van der Waals surface area contributed by atoms with Gasteiger partial charge in [0.1, 0.15) is 15.5 Å². The lowest BCUT2D eigenvalue weighted by Crippen LogP contribution is -2.31. The number of esters is 1. The lowest BCUT2D eigenvalue weighted by atomic mass is 10.1. The van der Waals surface area contributed by atoms with Crippen LogP contribution in [-0.2, 0) is 22.5 Å². The molecule has 0 radical (unpaired) electrons. The van der Waals surface area contributed by atoms with Gasteiger partial charge in [-0.1, -0.05) is 30.3 Å². The minimum atomic E-state index is -0.613. The number of benzene rings is 1. The van der Waals surface area contributed by atoms with E-state index in [1.54, 1.807) is 11.5 Å². The molecule has 8 heteroatoms. The average molecular weight is 411 g/mol. The lowest BCUT2D eigenvalue weighted by Gasteiger charge is -2.14. The van der Waals surface area contributed by atoms with Gasteiger partial charge in [-0.15, -0.1) is 11.3 Å². The largest absolute Gasteiger partial charge is 0.451 e. The number of nitrogens with one attached hydrogen (secondary N) is 1. The first-order valence-corrected chi connectivity index (χ1v) is 10.3. The Balaban J connectivity index is 1.46. The molecule has 4 rings (SSSR count). The normalized spacial score (nSPS) is 13.9. The van der Waals surface area contributed by atoms with Crippen LogP contribution in [0, 0.1) is 6.92 Å². The molecule has 0 aliphatic carbocycles. The average Bonchev–Trinajstić information content (AvgIpc) is 3.32. The molecule has 7 nitrogen and oxygen atoms in total. The molecule has 29 heavy (non-hydrogen) atoms. The summed E-state index contributed by atoms with van der Waals surface area (Å²) in [5.74, 6) is -0.235. The summed E-state index contributed by atoms with van der Waals surface area (Å²) in [6, 6.07) is 9.34. The molecule has 1 atom stereocenters. The van der Waals surface area contributed by atoms with Crippen LogP contribution in [0.4, 0.5) is 0 Å². The number of ether oxygens (including phenoxy) is 1. The number of thiophene rings is 1. The van der Waals surface area contributed by atoms with Gasteiger partial charge in [0.2, 0.25) is 0 Å². The van der Waals surface area contributed by atoms with E-state index in [4.69, 9.17) is 4.74 Å². The molecular weight excluding hydrogens is 390 g/mol. The summed E-state index contributed by atoms with van der Waals surface area (Å²) in [7, 11) is 0. The fourth-order valence-electron chi connectivity index (χ4n) is 3.57. The van der Waals surface area contributed by atoms with Gasteiger partial charge in [0.05, 0.1) is 11.4 Å². The number of hydrogen-bond acceptors (Lipinski definition) is 6. The molecule has 1 aliphatic rings. The third-order valence-corrected chi connectivity index (χ3v) is 6.27. The monoisotopic (exact) mass is 411 g/mol. The molecule has 3 aromatic rings. The van der Waals surface area contributed by atoms with Crippen molar-refractivity contribution in [2.75, 3.05) is 6.61 Å². The van der Waals surface area contributed by atoms with Crippen molar-refractivity contribution in [2.24, 2.45) is 0 Å². The van der Waals surface area contributed by atoms with Gasteiger partial charge in [-0.05, 0) is 31.4 Å². The Labute approximate surface area is 171 Å². The first-order valence-electron chi connectivity index (χ1n) is 9.50. The lowest BCUT2D eigenvalue weighted by molar-refractivity contribution is -0.124. The number of fused-ring (bicyclic) bond motifs is 2. The highest BCUT2D eigenvalue weighted by Crippen LogP contribution is 2.29. The van der Waals surface area contributed by atoms with E-state index in [9.17, 15) is 14.4 Å². The summed E-state index contributed by atoms with van der Waals surface area (Å²) in [6.45, 7) is 3.86. The molecule has 1 aromatic carbocycles. The van der Waals surface area contributed by atoms with E-state index in [0.29, 0.717) is 27.2 Å². The number of aryl methyl sites for hydroxylation is 2. The third-order valence-electron chi connectivity index (χ3n) is 5.11. The van der Waals surface area contributed by atoms with E-state index >= 15 is 0 Å². The predicted molar refractivity (Wildman–Crippen MR) is 110 cm³/mol. The minimum Gasteiger partial charge on any atom is -0.451 e. The maximum absolute atomic E-state index is 12.7. The summed E-state index contributed by atoms with van der Waals surface area (Å²) in [4.78, 5) is 42.8. The Kier molecular flexibility index (Phi) is 5.19. The van der Waals surface area contributed by atoms with Gasteiger partial charge in [-0.2, -0.15) is 0 Å². The Morgan fingerprint density at radius 1 is 1.31 bits per heavy atom. The fourth-order valence-corrected chi connectivity index (χ4v) is 4.66. The van der Waals surface area contributed by atoms with Gasteiger partial charge in [-0.25, -0.2) is 9.78 Å². The SMILES string of the molecule is Cc1c(C(=O)OCC(=O)NC(C)c2ccccc2)sc2nc3n(c(=O)c12)CCC3. The van der Waals surface area contributed by atoms with Crippen molar-refractivity contribution in [3.8, 4) is 0 Å².